The largest absolute Gasteiger partial charge is 0.394 e. The molecular formula is C71H126N10O29. The minimum Gasteiger partial charge on any atom is -0.394 e. The molecule has 3 saturated heterocycles. The molecule has 0 aromatic heterocycles. The fourth-order valence-electron chi connectivity index (χ4n) is 11.6. The summed E-state index contributed by atoms with van der Waals surface area (Å²) in [4.78, 5) is 139. The van der Waals surface area contributed by atoms with Crippen LogP contribution >= 0.6 is 0 Å². The Hall–Kier alpha value is -6.35. The molecule has 3 aliphatic heterocycles. The van der Waals surface area contributed by atoms with Gasteiger partial charge in [-0.3, -0.25) is 52.7 Å². The molecule has 0 aromatic carbocycles. The van der Waals surface area contributed by atoms with Gasteiger partial charge in [0.2, 0.25) is 59.1 Å². The van der Waals surface area contributed by atoms with Crippen LogP contribution in [0.1, 0.15) is 164 Å². The third-order valence-corrected chi connectivity index (χ3v) is 18.4. The molecule has 15 atom stereocenters. The minimum absolute atomic E-state index is 0.0202. The van der Waals surface area contributed by atoms with Crippen LogP contribution in [0.5, 0.6) is 0 Å². The number of carbonyl (C=O) groups is 11. The second-order valence-corrected chi connectivity index (χ2v) is 28.2. The molecule has 19 N–H and O–H groups in total. The van der Waals surface area contributed by atoms with Gasteiger partial charge in [-0.1, -0.05) is 20.8 Å². The van der Waals surface area contributed by atoms with E-state index in [2.05, 4.69) is 53.2 Å². The van der Waals surface area contributed by atoms with Crippen LogP contribution in [-0.4, -0.2) is 327 Å². The standard InChI is InChI=1S/C71H126N10O29/c1-7-70(5,6)50(88)18-14-22-57(95)81-71(41-102-35-23-54(92)75-29-15-26-72-51(89)19-8-11-32-105-67-58(78-44(2)85)64(99)61(96)47(38-82)108-67,42-103-36-24-55(93)76-30-16-27-73-52(90)20-9-12-33-106-68-59(79-45(3)86)65(100)62(97)48(39-83)109-68)43-104-37-25-56(94)77-31-17-28-74-53(91)21-10-13-34-107-69-60(80-46(4)87)66(101)63(98)49(40-84)110-69/h47-49,58-69,82-84,96-101H,7-43H2,1-6H3,(H,72,89)(H,73,90)(H,74,91)(H,75,92)(H,76,93)(H,77,94)(H,78,85)(H,79,86)(H,80,87)(H,81,95). The van der Waals surface area contributed by atoms with Gasteiger partial charge in [-0.05, 0) is 70.6 Å². The van der Waals surface area contributed by atoms with Gasteiger partial charge in [0.15, 0.2) is 18.9 Å². The smallest absolute Gasteiger partial charge is 0.222 e. The van der Waals surface area contributed by atoms with Crippen molar-refractivity contribution < 1.29 is 141 Å². The van der Waals surface area contributed by atoms with Gasteiger partial charge >= 0.3 is 0 Å². The van der Waals surface area contributed by atoms with Crippen molar-refractivity contribution in [3.05, 3.63) is 0 Å². The highest BCUT2D eigenvalue weighted by molar-refractivity contribution is 5.85. The monoisotopic (exact) mass is 1580 g/mol. The summed E-state index contributed by atoms with van der Waals surface area (Å²) in [5, 5.41) is 118. The van der Waals surface area contributed by atoms with Gasteiger partial charge in [0.25, 0.3) is 0 Å². The van der Waals surface area contributed by atoms with E-state index in [1.165, 1.54) is 20.8 Å². The number of rotatable bonds is 58. The first-order chi connectivity index (χ1) is 52.4. The van der Waals surface area contributed by atoms with Crippen molar-refractivity contribution in [3.8, 4) is 0 Å². The van der Waals surface area contributed by atoms with Gasteiger partial charge in [0, 0.05) is 137 Å². The Morgan fingerprint density at radius 1 is 0.345 bits per heavy atom. The third-order valence-electron chi connectivity index (χ3n) is 18.4. The maximum atomic E-state index is 13.9. The van der Waals surface area contributed by atoms with Gasteiger partial charge < -0.3 is 142 Å². The molecule has 15 unspecified atom stereocenters. The summed E-state index contributed by atoms with van der Waals surface area (Å²) in [6.07, 6.45) is -11.3. The normalized spacial score (nSPS) is 24.5. The van der Waals surface area contributed by atoms with E-state index < -0.39 is 164 Å². The van der Waals surface area contributed by atoms with Crippen LogP contribution in [0.2, 0.25) is 0 Å². The molecule has 0 spiro atoms. The number of nitrogens with one attached hydrogen (secondary N) is 10. The van der Waals surface area contributed by atoms with Crippen LogP contribution in [0, 0.1) is 5.41 Å². The van der Waals surface area contributed by atoms with Crippen LogP contribution in [-0.2, 0) is 95.4 Å². The molecule has 3 rings (SSSR count). The van der Waals surface area contributed by atoms with Crippen LogP contribution in [0.15, 0.2) is 0 Å². The van der Waals surface area contributed by atoms with Gasteiger partial charge in [-0.15, -0.1) is 0 Å². The van der Waals surface area contributed by atoms with Gasteiger partial charge in [0.05, 0.1) is 59.5 Å². The Labute approximate surface area is 642 Å². The number of carbonyl (C=O) groups excluding carboxylic acids is 11. The molecule has 39 nitrogen and oxygen atoms in total. The lowest BCUT2D eigenvalue weighted by molar-refractivity contribution is -0.270. The van der Waals surface area contributed by atoms with Crippen molar-refractivity contribution >= 4 is 64.9 Å². The first-order valence-electron chi connectivity index (χ1n) is 38.1. The number of hydrogen-bond donors (Lipinski definition) is 19. The Bertz CT molecular complexity index is 2520. The zero-order valence-corrected chi connectivity index (χ0v) is 64.5. The van der Waals surface area contributed by atoms with Crippen LogP contribution in [0.25, 0.3) is 0 Å². The lowest BCUT2D eigenvalue weighted by atomic mass is 9.83. The number of amides is 10. The van der Waals surface area contributed by atoms with Crippen molar-refractivity contribution in [2.75, 3.05) is 119 Å². The average molecular weight is 1580 g/mol. The van der Waals surface area contributed by atoms with Crippen molar-refractivity contribution in [2.45, 2.75) is 261 Å². The molecular weight excluding hydrogens is 1460 g/mol. The van der Waals surface area contributed by atoms with E-state index in [0.717, 1.165) is 0 Å². The van der Waals surface area contributed by atoms with Crippen LogP contribution in [0.4, 0.5) is 0 Å². The Kier molecular flexibility index (Phi) is 48.4. The number of aliphatic hydroxyl groups excluding tert-OH is 9. The van der Waals surface area contributed by atoms with E-state index in [1.807, 2.05) is 20.8 Å². The maximum Gasteiger partial charge on any atom is 0.222 e. The van der Waals surface area contributed by atoms with Crippen LogP contribution in [0.3, 0.4) is 0 Å². The topological polar surface area (TPSA) is 573 Å². The Balaban J connectivity index is 1.54. The van der Waals surface area contributed by atoms with E-state index in [9.17, 15) is 98.7 Å². The number of ketones is 1. The van der Waals surface area contributed by atoms with E-state index in [0.29, 0.717) is 64.2 Å². The highest BCUT2D eigenvalue weighted by Gasteiger charge is 2.48. The second kappa shape index (κ2) is 54.4. The van der Waals surface area contributed by atoms with Gasteiger partial charge in [0.1, 0.15) is 84.4 Å². The number of hydrogen-bond acceptors (Lipinski definition) is 29. The molecule has 3 aliphatic rings. The molecule has 634 valence electrons. The minimum atomic E-state index is -1.48. The molecule has 0 bridgehead atoms. The summed E-state index contributed by atoms with van der Waals surface area (Å²) in [6.45, 7) is 7.64. The first-order valence-corrected chi connectivity index (χ1v) is 38.1. The predicted molar refractivity (Wildman–Crippen MR) is 388 cm³/mol. The molecule has 0 aliphatic carbocycles. The summed E-state index contributed by atoms with van der Waals surface area (Å²) in [5.41, 5.74) is -2.09. The Morgan fingerprint density at radius 2 is 0.618 bits per heavy atom. The summed E-state index contributed by atoms with van der Waals surface area (Å²) in [5.74, 6) is -3.94. The number of Topliss-reactive ketones (excluding diaryl/α,β-unsaturated/α-hetero) is 1. The quantitative estimate of drug-likeness (QED) is 0.0253. The molecule has 0 aromatic rings. The molecule has 10 amide bonds. The lowest BCUT2D eigenvalue weighted by Gasteiger charge is -2.42. The summed E-state index contributed by atoms with van der Waals surface area (Å²) in [7, 11) is 0. The molecule has 0 radical (unpaired) electrons. The molecule has 39 heteroatoms. The zero-order chi connectivity index (χ0) is 81.6. The molecule has 3 heterocycles. The fraction of sp³-hybridized carbons (Fsp3) is 0.845. The second-order valence-electron chi connectivity index (χ2n) is 28.2. The van der Waals surface area contributed by atoms with Crippen molar-refractivity contribution in [2.24, 2.45) is 5.41 Å². The Morgan fingerprint density at radius 3 is 0.882 bits per heavy atom. The van der Waals surface area contributed by atoms with Crippen molar-refractivity contribution in [1.82, 2.24) is 53.2 Å². The molecule has 110 heavy (non-hydrogen) atoms. The van der Waals surface area contributed by atoms with Crippen LogP contribution < -0.4 is 53.2 Å². The maximum absolute atomic E-state index is 13.9. The van der Waals surface area contributed by atoms with E-state index in [-0.39, 0.29) is 180 Å². The van der Waals surface area contributed by atoms with Gasteiger partial charge in [-0.2, -0.15) is 0 Å². The summed E-state index contributed by atoms with van der Waals surface area (Å²) < 4.78 is 51.9. The van der Waals surface area contributed by atoms with E-state index in [1.54, 1.807) is 0 Å². The van der Waals surface area contributed by atoms with Crippen molar-refractivity contribution in [3.63, 3.8) is 0 Å². The van der Waals surface area contributed by atoms with E-state index >= 15 is 0 Å². The number of ether oxygens (including phenoxy) is 9. The lowest BCUT2D eigenvalue weighted by Crippen LogP contribution is -2.64. The average Bonchev–Trinajstić information content (AvgIpc) is 0.819. The SMILES string of the molecule is CCC(C)(C)C(=O)CCCC(=O)NC(COCCC(=O)NCCCNC(=O)CCCCOC1OC(CO)C(O)C(O)C1NC(C)=O)(COCCC(=O)NCCCNC(=O)CCCCOC1OC(CO)C(O)C(O)C1NC(C)=O)COCCC(=O)NCCCNC(=O)CCCCOC1OC(CO)C(O)C(O)C1NC(C)=O. The summed E-state index contributed by atoms with van der Waals surface area (Å²) in [6, 6.07) is -3.29. The highest BCUT2D eigenvalue weighted by atomic mass is 16.7. The van der Waals surface area contributed by atoms with E-state index in [4.69, 9.17) is 42.6 Å². The predicted octanol–water partition coefficient (Wildman–Crippen LogP) is -5.50. The first kappa shape index (κ1) is 97.8. The van der Waals surface area contributed by atoms with Gasteiger partial charge in [-0.25, -0.2) is 0 Å². The molecule has 3 fully saturated rings. The third kappa shape index (κ3) is 38.5. The fourth-order valence-corrected chi connectivity index (χ4v) is 11.6. The molecule has 0 saturated carbocycles. The zero-order valence-electron chi connectivity index (χ0n) is 64.5. The number of aliphatic hydroxyl groups is 9. The van der Waals surface area contributed by atoms with Crippen molar-refractivity contribution in [1.29, 1.82) is 0 Å². The highest BCUT2D eigenvalue weighted by Crippen LogP contribution is 2.27. The number of unbranched alkanes of at least 4 members (excludes halogenated alkanes) is 3. The summed E-state index contributed by atoms with van der Waals surface area (Å²) >= 11 is 0.